The minimum atomic E-state index is -4.31. The second-order valence-electron chi connectivity index (χ2n) is 6.81. The van der Waals surface area contributed by atoms with E-state index in [1.165, 1.54) is 19.1 Å². The van der Waals surface area contributed by atoms with Crippen molar-refractivity contribution < 1.29 is 28.1 Å². The van der Waals surface area contributed by atoms with Gasteiger partial charge in [0.1, 0.15) is 18.4 Å². The minimum absolute atomic E-state index is 0.0268. The number of halogens is 1. The summed E-state index contributed by atoms with van der Waals surface area (Å²) in [5.41, 5.74) is 0.396. The molecular formula is C22H20IN2O7P. The second kappa shape index (κ2) is 11.3. The Hall–Kier alpha value is -2.95. The van der Waals surface area contributed by atoms with Gasteiger partial charge in [-0.1, -0.05) is 48.5 Å². The Balaban J connectivity index is 1.81. The number of carbonyl (C=O) groups is 1. The first-order valence-corrected chi connectivity index (χ1v) is 12.3. The molecule has 0 heterocycles. The third kappa shape index (κ3) is 7.28. The van der Waals surface area contributed by atoms with Gasteiger partial charge in [-0.05, 0) is 59.3 Å². The smallest absolute Gasteiger partial charge is 0.460 e. The lowest BCUT2D eigenvalue weighted by Crippen LogP contribution is -2.35. The molecule has 1 unspecified atom stereocenters. The number of nitrogens with zero attached hydrogens (tertiary/aromatic N) is 1. The fraction of sp³-hybridized carbons (Fsp3) is 0.136. The number of hydrogen-bond donors (Lipinski definition) is 1. The van der Waals surface area contributed by atoms with Gasteiger partial charge in [0.25, 0.3) is 0 Å². The van der Waals surface area contributed by atoms with Crippen molar-refractivity contribution >= 4 is 42.0 Å². The Kier molecular flexibility index (Phi) is 8.43. The van der Waals surface area contributed by atoms with E-state index in [9.17, 15) is 19.5 Å². The van der Waals surface area contributed by atoms with E-state index in [1.807, 2.05) is 40.8 Å². The van der Waals surface area contributed by atoms with Gasteiger partial charge >= 0.3 is 19.4 Å². The molecule has 0 saturated heterocycles. The van der Waals surface area contributed by atoms with Gasteiger partial charge in [-0.3, -0.25) is 14.9 Å². The van der Waals surface area contributed by atoms with Gasteiger partial charge in [-0.15, -0.1) is 0 Å². The highest BCUT2D eigenvalue weighted by molar-refractivity contribution is 14.1. The average molecular weight is 582 g/mol. The summed E-state index contributed by atoms with van der Waals surface area (Å²) in [6.07, 6.45) is 0. The molecule has 2 atom stereocenters. The van der Waals surface area contributed by atoms with Crippen molar-refractivity contribution in [3.8, 4) is 11.5 Å². The highest BCUT2D eigenvalue weighted by Crippen LogP contribution is 2.47. The molecule has 0 bridgehead atoms. The quantitative estimate of drug-likeness (QED) is 0.110. The van der Waals surface area contributed by atoms with Gasteiger partial charge in [-0.25, -0.2) is 4.57 Å². The maximum Gasteiger partial charge on any atom is 0.513 e. The first-order chi connectivity index (χ1) is 15.8. The highest BCUT2D eigenvalue weighted by Gasteiger charge is 2.36. The predicted octanol–water partition coefficient (Wildman–Crippen LogP) is 5.49. The first kappa shape index (κ1) is 24.7. The standard InChI is InChI=1S/C22H20IN2O7P/c1-16(22(26)30-15-17-8-4-2-5-9-17)24-33(29,31-19-10-6-3-7-11-19)32-21-13-12-18(23)14-20(21)25(27)28/h2-14,16H,15H2,1H3,(H,24,29)/t16-,33?/m0/s1. The van der Waals surface area contributed by atoms with Gasteiger partial charge in [0, 0.05) is 9.64 Å². The van der Waals surface area contributed by atoms with Gasteiger partial charge < -0.3 is 13.8 Å². The van der Waals surface area contributed by atoms with Crippen LogP contribution in [0, 0.1) is 13.7 Å². The maximum absolute atomic E-state index is 13.6. The van der Waals surface area contributed by atoms with E-state index in [2.05, 4.69) is 5.09 Å². The van der Waals surface area contributed by atoms with Crippen LogP contribution in [0.5, 0.6) is 11.5 Å². The van der Waals surface area contributed by atoms with Gasteiger partial charge in [0.2, 0.25) is 5.75 Å². The highest BCUT2D eigenvalue weighted by atomic mass is 127. The number of esters is 1. The Labute approximate surface area is 203 Å². The summed E-state index contributed by atoms with van der Waals surface area (Å²) in [6.45, 7) is 1.46. The molecule has 1 N–H and O–H groups in total. The van der Waals surface area contributed by atoms with Gasteiger partial charge in [0.15, 0.2) is 0 Å². The number of benzene rings is 3. The average Bonchev–Trinajstić information content (AvgIpc) is 2.79. The molecule has 3 aromatic rings. The van der Waals surface area contributed by atoms with E-state index in [4.69, 9.17) is 13.8 Å². The molecule has 0 aliphatic rings. The van der Waals surface area contributed by atoms with E-state index in [0.717, 1.165) is 5.56 Å². The van der Waals surface area contributed by atoms with Crippen LogP contribution < -0.4 is 14.1 Å². The van der Waals surface area contributed by atoms with Gasteiger partial charge in [0.05, 0.1) is 4.92 Å². The summed E-state index contributed by atoms with van der Waals surface area (Å²) < 4.78 is 30.5. The number of ether oxygens (including phenoxy) is 1. The van der Waals surface area contributed by atoms with Crippen LogP contribution in [0.25, 0.3) is 0 Å². The molecule has 0 radical (unpaired) electrons. The van der Waals surface area contributed by atoms with Crippen molar-refractivity contribution in [3.63, 3.8) is 0 Å². The van der Waals surface area contributed by atoms with E-state index in [1.54, 1.807) is 48.5 Å². The van der Waals surface area contributed by atoms with Crippen LogP contribution in [0.4, 0.5) is 5.69 Å². The molecule has 0 aliphatic heterocycles. The molecular weight excluding hydrogens is 562 g/mol. The molecule has 11 heteroatoms. The summed E-state index contributed by atoms with van der Waals surface area (Å²) in [4.78, 5) is 23.3. The monoisotopic (exact) mass is 582 g/mol. The Morgan fingerprint density at radius 2 is 1.70 bits per heavy atom. The third-order valence-electron chi connectivity index (χ3n) is 4.23. The zero-order valence-electron chi connectivity index (χ0n) is 17.4. The van der Waals surface area contributed by atoms with Crippen LogP contribution in [0.3, 0.4) is 0 Å². The molecule has 33 heavy (non-hydrogen) atoms. The lowest BCUT2D eigenvalue weighted by atomic mass is 10.2. The van der Waals surface area contributed by atoms with Crippen LogP contribution >= 0.6 is 30.3 Å². The largest absolute Gasteiger partial charge is 0.513 e. The third-order valence-corrected chi connectivity index (χ3v) is 6.50. The van der Waals surface area contributed by atoms with Gasteiger partial charge in [-0.2, -0.15) is 5.09 Å². The summed E-state index contributed by atoms with van der Waals surface area (Å²) in [5.74, 6) is -0.778. The summed E-state index contributed by atoms with van der Waals surface area (Å²) in [5, 5.41) is 14.0. The van der Waals surface area contributed by atoms with Crippen molar-refractivity contribution in [2.24, 2.45) is 0 Å². The zero-order valence-corrected chi connectivity index (χ0v) is 20.5. The number of nitro groups is 1. The first-order valence-electron chi connectivity index (χ1n) is 9.72. The fourth-order valence-electron chi connectivity index (χ4n) is 2.67. The molecule has 0 spiro atoms. The normalized spacial score (nSPS) is 13.4. The molecule has 0 saturated carbocycles. The number of rotatable bonds is 10. The number of nitrogens with one attached hydrogen (secondary N) is 1. The molecule has 0 aromatic heterocycles. The lowest BCUT2D eigenvalue weighted by Gasteiger charge is -2.23. The fourth-order valence-corrected chi connectivity index (χ4v) is 4.68. The summed E-state index contributed by atoms with van der Waals surface area (Å²) in [6, 6.07) is 20.3. The Bertz CT molecular complexity index is 1160. The van der Waals surface area contributed by atoms with Crippen molar-refractivity contribution in [1.82, 2.24) is 5.09 Å². The topological polar surface area (TPSA) is 117 Å². The van der Waals surface area contributed by atoms with Crippen molar-refractivity contribution in [2.75, 3.05) is 0 Å². The maximum atomic E-state index is 13.6. The molecule has 0 aliphatic carbocycles. The molecule has 172 valence electrons. The SMILES string of the molecule is C[C@H](NP(=O)(Oc1ccccc1)Oc1ccc(I)cc1[N+](=O)[O-])C(=O)OCc1ccccc1. The van der Waals surface area contributed by atoms with Crippen LogP contribution in [-0.4, -0.2) is 16.9 Å². The second-order valence-corrected chi connectivity index (χ2v) is 9.67. The zero-order chi connectivity index (χ0) is 23.8. The molecule has 0 fully saturated rings. The minimum Gasteiger partial charge on any atom is -0.460 e. The van der Waals surface area contributed by atoms with Crippen molar-refractivity contribution in [3.05, 3.63) is 98.1 Å². The Morgan fingerprint density at radius 3 is 2.33 bits per heavy atom. The molecule has 9 nitrogen and oxygen atoms in total. The van der Waals surface area contributed by atoms with Crippen LogP contribution in [-0.2, 0) is 20.7 Å². The van der Waals surface area contributed by atoms with Crippen LogP contribution in [0.15, 0.2) is 78.9 Å². The van der Waals surface area contributed by atoms with Crippen LogP contribution in [0.1, 0.15) is 12.5 Å². The van der Waals surface area contributed by atoms with E-state index < -0.39 is 24.7 Å². The summed E-state index contributed by atoms with van der Waals surface area (Å²) in [7, 11) is -4.31. The number of carbonyl (C=O) groups excluding carboxylic acids is 1. The van der Waals surface area contributed by atoms with Crippen molar-refractivity contribution in [2.45, 2.75) is 19.6 Å². The van der Waals surface area contributed by atoms with E-state index >= 15 is 0 Å². The number of nitro benzene ring substituents is 1. The van der Waals surface area contributed by atoms with E-state index in [0.29, 0.717) is 3.57 Å². The van der Waals surface area contributed by atoms with E-state index in [-0.39, 0.29) is 23.8 Å². The number of hydrogen-bond acceptors (Lipinski definition) is 7. The van der Waals surface area contributed by atoms with Crippen molar-refractivity contribution in [1.29, 1.82) is 0 Å². The molecule has 0 amide bonds. The van der Waals surface area contributed by atoms with Crippen LogP contribution in [0.2, 0.25) is 0 Å². The lowest BCUT2D eigenvalue weighted by molar-refractivity contribution is -0.385. The Morgan fingerprint density at radius 1 is 1.06 bits per heavy atom. The molecule has 3 aromatic carbocycles. The molecule has 3 rings (SSSR count). The predicted molar refractivity (Wildman–Crippen MR) is 130 cm³/mol. The number of para-hydroxylation sites is 1. The summed E-state index contributed by atoms with van der Waals surface area (Å²) >= 11 is 1.92.